The number of benzene rings is 2. The summed E-state index contributed by atoms with van der Waals surface area (Å²) in [5.41, 5.74) is 7.89. The van der Waals surface area contributed by atoms with Crippen molar-refractivity contribution in [1.82, 2.24) is 4.57 Å². The molecule has 0 aliphatic rings. The van der Waals surface area contributed by atoms with E-state index in [0.717, 1.165) is 0 Å². The Hall–Kier alpha value is -2.28. The Morgan fingerprint density at radius 1 is 0.700 bits per heavy atom. The van der Waals surface area contributed by atoms with Crippen molar-refractivity contribution in [3.63, 3.8) is 0 Å². The van der Waals surface area contributed by atoms with Crippen LogP contribution in [0.3, 0.4) is 0 Å². The standard InChI is InChI=1S/C19H19N/c1-14-18(16-10-6-4-7-11-16)15(2)20(3)19(14)17-12-8-5-9-13-17/h4-13H,1-3H3. The van der Waals surface area contributed by atoms with Gasteiger partial charge < -0.3 is 4.57 Å². The van der Waals surface area contributed by atoms with Crippen LogP contribution in [0.5, 0.6) is 0 Å². The van der Waals surface area contributed by atoms with Crippen LogP contribution in [0.2, 0.25) is 0 Å². The molecule has 0 spiro atoms. The largest absolute Gasteiger partial charge is 0.347 e. The molecular formula is C19H19N. The van der Waals surface area contributed by atoms with Gasteiger partial charge in [-0.25, -0.2) is 0 Å². The third kappa shape index (κ3) is 1.96. The first-order valence-corrected chi connectivity index (χ1v) is 6.97. The van der Waals surface area contributed by atoms with Gasteiger partial charge in [0.2, 0.25) is 0 Å². The molecule has 100 valence electrons. The van der Waals surface area contributed by atoms with Crippen molar-refractivity contribution in [2.24, 2.45) is 7.05 Å². The summed E-state index contributed by atoms with van der Waals surface area (Å²) < 4.78 is 2.30. The van der Waals surface area contributed by atoms with E-state index in [1.54, 1.807) is 0 Å². The van der Waals surface area contributed by atoms with E-state index in [2.05, 4.69) is 86.1 Å². The lowest BCUT2D eigenvalue weighted by atomic mass is 9.99. The first-order chi connectivity index (χ1) is 9.70. The van der Waals surface area contributed by atoms with Crippen molar-refractivity contribution < 1.29 is 0 Å². The number of nitrogens with zero attached hydrogens (tertiary/aromatic N) is 1. The fourth-order valence-electron chi connectivity index (χ4n) is 3.01. The minimum atomic E-state index is 1.28. The van der Waals surface area contributed by atoms with Gasteiger partial charge in [0.15, 0.2) is 0 Å². The zero-order valence-corrected chi connectivity index (χ0v) is 12.2. The van der Waals surface area contributed by atoms with E-state index in [4.69, 9.17) is 0 Å². The summed E-state index contributed by atoms with van der Waals surface area (Å²) in [6, 6.07) is 21.2. The number of hydrogen-bond donors (Lipinski definition) is 0. The molecule has 1 aromatic heterocycles. The van der Waals surface area contributed by atoms with Gasteiger partial charge in [-0.1, -0.05) is 60.7 Å². The molecule has 2 aromatic carbocycles. The highest BCUT2D eigenvalue weighted by molar-refractivity contribution is 5.79. The molecular weight excluding hydrogens is 242 g/mol. The summed E-state index contributed by atoms with van der Waals surface area (Å²) in [4.78, 5) is 0. The van der Waals surface area contributed by atoms with Gasteiger partial charge in [0.25, 0.3) is 0 Å². The monoisotopic (exact) mass is 261 g/mol. The zero-order valence-electron chi connectivity index (χ0n) is 12.2. The third-order valence-corrected chi connectivity index (χ3v) is 4.04. The summed E-state index contributed by atoms with van der Waals surface area (Å²) in [5.74, 6) is 0. The van der Waals surface area contributed by atoms with E-state index in [-0.39, 0.29) is 0 Å². The lowest BCUT2D eigenvalue weighted by molar-refractivity contribution is 0.890. The second-order valence-electron chi connectivity index (χ2n) is 5.23. The van der Waals surface area contributed by atoms with Crippen molar-refractivity contribution in [1.29, 1.82) is 0 Å². The van der Waals surface area contributed by atoms with Crippen LogP contribution in [0.25, 0.3) is 22.4 Å². The average molecular weight is 261 g/mol. The summed E-state index contributed by atoms with van der Waals surface area (Å²) >= 11 is 0. The Morgan fingerprint density at radius 2 is 1.20 bits per heavy atom. The van der Waals surface area contributed by atoms with Crippen LogP contribution in [0.4, 0.5) is 0 Å². The molecule has 0 fully saturated rings. The summed E-state index contributed by atoms with van der Waals surface area (Å²) in [7, 11) is 2.15. The molecule has 20 heavy (non-hydrogen) atoms. The second-order valence-corrected chi connectivity index (χ2v) is 5.23. The van der Waals surface area contributed by atoms with Crippen molar-refractivity contribution in [3.8, 4) is 22.4 Å². The molecule has 0 unspecified atom stereocenters. The van der Waals surface area contributed by atoms with Gasteiger partial charge in [-0.3, -0.25) is 0 Å². The molecule has 0 aliphatic heterocycles. The zero-order chi connectivity index (χ0) is 14.1. The van der Waals surface area contributed by atoms with Crippen LogP contribution in [-0.2, 0) is 7.05 Å². The highest BCUT2D eigenvalue weighted by Gasteiger charge is 2.17. The average Bonchev–Trinajstić information content (AvgIpc) is 2.71. The lowest BCUT2D eigenvalue weighted by Gasteiger charge is -2.06. The van der Waals surface area contributed by atoms with E-state index in [0.29, 0.717) is 0 Å². The van der Waals surface area contributed by atoms with E-state index >= 15 is 0 Å². The highest BCUT2D eigenvalue weighted by atomic mass is 15.0. The van der Waals surface area contributed by atoms with E-state index in [1.165, 1.54) is 33.6 Å². The van der Waals surface area contributed by atoms with Gasteiger partial charge in [0.05, 0.1) is 5.69 Å². The maximum absolute atomic E-state index is 2.30. The Balaban J connectivity index is 2.25. The fourth-order valence-corrected chi connectivity index (χ4v) is 3.01. The second kappa shape index (κ2) is 5.01. The predicted octanol–water partition coefficient (Wildman–Crippen LogP) is 4.98. The molecule has 0 atom stereocenters. The molecule has 1 heteroatoms. The molecule has 0 N–H and O–H groups in total. The van der Waals surface area contributed by atoms with Crippen molar-refractivity contribution in [2.45, 2.75) is 13.8 Å². The Morgan fingerprint density at radius 3 is 1.75 bits per heavy atom. The number of aromatic nitrogens is 1. The van der Waals surface area contributed by atoms with Crippen LogP contribution in [0, 0.1) is 13.8 Å². The first kappa shape index (κ1) is 12.7. The van der Waals surface area contributed by atoms with Crippen molar-refractivity contribution in [2.75, 3.05) is 0 Å². The van der Waals surface area contributed by atoms with E-state index in [9.17, 15) is 0 Å². The molecule has 0 bridgehead atoms. The van der Waals surface area contributed by atoms with Crippen molar-refractivity contribution in [3.05, 3.63) is 71.9 Å². The first-order valence-electron chi connectivity index (χ1n) is 6.97. The topological polar surface area (TPSA) is 4.93 Å². The van der Waals surface area contributed by atoms with Crippen LogP contribution in [0.1, 0.15) is 11.3 Å². The van der Waals surface area contributed by atoms with Crippen LogP contribution < -0.4 is 0 Å². The summed E-state index contributed by atoms with van der Waals surface area (Å²) in [6.45, 7) is 4.42. The van der Waals surface area contributed by atoms with Gasteiger partial charge in [0.1, 0.15) is 0 Å². The maximum atomic E-state index is 2.30. The molecule has 1 heterocycles. The lowest BCUT2D eigenvalue weighted by Crippen LogP contribution is -1.94. The minimum Gasteiger partial charge on any atom is -0.347 e. The number of rotatable bonds is 2. The van der Waals surface area contributed by atoms with Gasteiger partial charge in [0, 0.05) is 18.3 Å². The van der Waals surface area contributed by atoms with Crippen molar-refractivity contribution >= 4 is 0 Å². The minimum absolute atomic E-state index is 1.28. The molecule has 0 radical (unpaired) electrons. The summed E-state index contributed by atoms with van der Waals surface area (Å²) in [5, 5.41) is 0. The normalized spacial score (nSPS) is 10.8. The predicted molar refractivity (Wildman–Crippen MR) is 85.8 cm³/mol. The molecule has 1 nitrogen and oxygen atoms in total. The Bertz CT molecular complexity index is 658. The van der Waals surface area contributed by atoms with Gasteiger partial charge in [-0.15, -0.1) is 0 Å². The molecule has 0 saturated heterocycles. The molecule has 0 aliphatic carbocycles. The SMILES string of the molecule is Cc1c(-c2ccccc2)c(C)n(C)c1-c1ccccc1. The van der Waals surface area contributed by atoms with Crippen LogP contribution in [-0.4, -0.2) is 4.57 Å². The maximum Gasteiger partial charge on any atom is 0.0515 e. The molecule has 3 rings (SSSR count). The highest BCUT2D eigenvalue weighted by Crippen LogP contribution is 2.36. The van der Waals surface area contributed by atoms with Crippen LogP contribution in [0.15, 0.2) is 60.7 Å². The third-order valence-electron chi connectivity index (χ3n) is 4.04. The van der Waals surface area contributed by atoms with Gasteiger partial charge >= 0.3 is 0 Å². The quantitative estimate of drug-likeness (QED) is 0.613. The number of hydrogen-bond acceptors (Lipinski definition) is 0. The van der Waals surface area contributed by atoms with Gasteiger partial charge in [-0.2, -0.15) is 0 Å². The van der Waals surface area contributed by atoms with E-state index in [1.807, 2.05) is 0 Å². The Labute approximate surface area is 120 Å². The molecule has 0 amide bonds. The smallest absolute Gasteiger partial charge is 0.0515 e. The Kier molecular flexibility index (Phi) is 3.19. The summed E-state index contributed by atoms with van der Waals surface area (Å²) in [6.07, 6.45) is 0. The molecule has 0 saturated carbocycles. The van der Waals surface area contributed by atoms with E-state index < -0.39 is 0 Å². The van der Waals surface area contributed by atoms with Crippen LogP contribution >= 0.6 is 0 Å². The fraction of sp³-hybridized carbons (Fsp3) is 0.158. The van der Waals surface area contributed by atoms with Gasteiger partial charge in [-0.05, 0) is 30.5 Å². The molecule has 3 aromatic rings.